The second kappa shape index (κ2) is 4.49. The molecule has 0 unspecified atom stereocenters. The standard InChI is InChI=1S/C13H12O2S/c1-9-6-7-12(16-9)10-4-3-5-11(8-10)13(14)15-2/h3-8H,1-2H3. The first-order chi connectivity index (χ1) is 7.70. The van der Waals surface area contributed by atoms with Gasteiger partial charge in [-0.25, -0.2) is 4.79 Å². The summed E-state index contributed by atoms with van der Waals surface area (Å²) in [6.07, 6.45) is 0. The van der Waals surface area contributed by atoms with Crippen LogP contribution in [0.2, 0.25) is 0 Å². The van der Waals surface area contributed by atoms with Gasteiger partial charge in [-0.2, -0.15) is 0 Å². The van der Waals surface area contributed by atoms with Crippen molar-refractivity contribution in [2.45, 2.75) is 6.92 Å². The number of aryl methyl sites for hydroxylation is 1. The Kier molecular flexibility index (Phi) is 3.06. The third-order valence-electron chi connectivity index (χ3n) is 2.31. The maximum absolute atomic E-state index is 11.4. The van der Waals surface area contributed by atoms with E-state index in [4.69, 9.17) is 4.74 Å². The van der Waals surface area contributed by atoms with Crippen molar-refractivity contribution < 1.29 is 9.53 Å². The normalized spacial score (nSPS) is 10.1. The zero-order valence-electron chi connectivity index (χ0n) is 9.19. The Morgan fingerprint density at radius 1 is 1.25 bits per heavy atom. The van der Waals surface area contributed by atoms with Gasteiger partial charge in [-0.15, -0.1) is 11.3 Å². The molecule has 16 heavy (non-hydrogen) atoms. The Balaban J connectivity index is 2.39. The molecule has 0 aliphatic carbocycles. The van der Waals surface area contributed by atoms with Gasteiger partial charge in [-0.3, -0.25) is 0 Å². The summed E-state index contributed by atoms with van der Waals surface area (Å²) in [7, 11) is 1.39. The molecule has 2 rings (SSSR count). The molecule has 0 amide bonds. The first kappa shape index (κ1) is 10.9. The summed E-state index contributed by atoms with van der Waals surface area (Å²) in [5.74, 6) is -0.296. The highest BCUT2D eigenvalue weighted by molar-refractivity contribution is 7.15. The van der Waals surface area contributed by atoms with Gasteiger partial charge >= 0.3 is 5.97 Å². The smallest absolute Gasteiger partial charge is 0.337 e. The number of carbonyl (C=O) groups excluding carboxylic acids is 1. The fourth-order valence-electron chi connectivity index (χ4n) is 1.51. The molecule has 1 heterocycles. The van der Waals surface area contributed by atoms with Crippen molar-refractivity contribution in [3.05, 3.63) is 46.8 Å². The van der Waals surface area contributed by atoms with Gasteiger partial charge in [0.25, 0.3) is 0 Å². The molecule has 0 saturated heterocycles. The molecule has 0 saturated carbocycles. The van der Waals surface area contributed by atoms with Gasteiger partial charge in [0, 0.05) is 9.75 Å². The molecular weight excluding hydrogens is 220 g/mol. The van der Waals surface area contributed by atoms with Crippen LogP contribution in [0.5, 0.6) is 0 Å². The first-order valence-electron chi connectivity index (χ1n) is 4.96. The van der Waals surface area contributed by atoms with E-state index in [-0.39, 0.29) is 5.97 Å². The van der Waals surface area contributed by atoms with Crippen LogP contribution in [-0.2, 0) is 4.74 Å². The van der Waals surface area contributed by atoms with Crippen LogP contribution in [0.25, 0.3) is 10.4 Å². The highest BCUT2D eigenvalue weighted by Gasteiger charge is 2.07. The Labute approximate surface area is 98.5 Å². The van der Waals surface area contributed by atoms with Gasteiger partial charge in [-0.05, 0) is 36.8 Å². The van der Waals surface area contributed by atoms with Gasteiger partial charge in [0.05, 0.1) is 12.7 Å². The Hall–Kier alpha value is -1.61. The van der Waals surface area contributed by atoms with Gasteiger partial charge in [0.1, 0.15) is 0 Å². The SMILES string of the molecule is COC(=O)c1cccc(-c2ccc(C)s2)c1. The molecule has 3 heteroatoms. The molecule has 0 bridgehead atoms. The van der Waals surface area contributed by atoms with Crippen molar-refractivity contribution in [1.82, 2.24) is 0 Å². The maximum atomic E-state index is 11.4. The number of rotatable bonds is 2. The number of ether oxygens (including phenoxy) is 1. The molecule has 0 fully saturated rings. The average Bonchev–Trinajstić information content (AvgIpc) is 2.75. The third-order valence-corrected chi connectivity index (χ3v) is 3.36. The van der Waals surface area contributed by atoms with Crippen LogP contribution in [-0.4, -0.2) is 13.1 Å². The number of hydrogen-bond donors (Lipinski definition) is 0. The van der Waals surface area contributed by atoms with E-state index in [1.54, 1.807) is 17.4 Å². The molecule has 0 atom stereocenters. The molecule has 0 N–H and O–H groups in total. The summed E-state index contributed by atoms with van der Waals surface area (Å²) in [4.78, 5) is 13.8. The minimum absolute atomic E-state index is 0.296. The Morgan fingerprint density at radius 3 is 2.69 bits per heavy atom. The van der Waals surface area contributed by atoms with E-state index in [9.17, 15) is 4.79 Å². The second-order valence-corrected chi connectivity index (χ2v) is 4.77. The molecule has 1 aromatic carbocycles. The fourth-order valence-corrected chi connectivity index (χ4v) is 2.37. The van der Waals surface area contributed by atoms with Gasteiger partial charge in [-0.1, -0.05) is 12.1 Å². The second-order valence-electron chi connectivity index (χ2n) is 3.48. The van der Waals surface area contributed by atoms with Crippen LogP contribution < -0.4 is 0 Å². The van der Waals surface area contributed by atoms with E-state index in [0.717, 1.165) is 5.56 Å². The van der Waals surface area contributed by atoms with Crippen molar-refractivity contribution in [2.75, 3.05) is 7.11 Å². The van der Waals surface area contributed by atoms with Crippen LogP contribution in [0.15, 0.2) is 36.4 Å². The number of hydrogen-bond acceptors (Lipinski definition) is 3. The average molecular weight is 232 g/mol. The molecule has 0 aliphatic heterocycles. The van der Waals surface area contributed by atoms with E-state index in [0.29, 0.717) is 5.56 Å². The summed E-state index contributed by atoms with van der Waals surface area (Å²) >= 11 is 1.72. The minimum Gasteiger partial charge on any atom is -0.465 e. The van der Waals surface area contributed by atoms with E-state index in [1.807, 2.05) is 18.2 Å². The predicted molar refractivity (Wildman–Crippen MR) is 65.8 cm³/mol. The Bertz CT molecular complexity index is 514. The van der Waals surface area contributed by atoms with Crippen LogP contribution >= 0.6 is 11.3 Å². The Morgan fingerprint density at radius 2 is 2.06 bits per heavy atom. The topological polar surface area (TPSA) is 26.3 Å². The zero-order valence-corrected chi connectivity index (χ0v) is 10.0. The number of methoxy groups -OCH3 is 1. The van der Waals surface area contributed by atoms with Crippen LogP contribution in [0, 0.1) is 6.92 Å². The summed E-state index contributed by atoms with van der Waals surface area (Å²) < 4.78 is 4.70. The van der Waals surface area contributed by atoms with Gasteiger partial charge in [0.15, 0.2) is 0 Å². The predicted octanol–water partition coefficient (Wildman–Crippen LogP) is 3.51. The monoisotopic (exact) mass is 232 g/mol. The molecule has 2 nitrogen and oxygen atoms in total. The highest BCUT2D eigenvalue weighted by atomic mass is 32.1. The van der Waals surface area contributed by atoms with Crippen molar-refractivity contribution >= 4 is 17.3 Å². The quantitative estimate of drug-likeness (QED) is 0.741. The van der Waals surface area contributed by atoms with Crippen LogP contribution in [0.4, 0.5) is 0 Å². The number of carbonyl (C=O) groups is 1. The third kappa shape index (κ3) is 2.14. The molecular formula is C13H12O2S. The van der Waals surface area contributed by atoms with E-state index in [2.05, 4.69) is 19.1 Å². The maximum Gasteiger partial charge on any atom is 0.337 e. The van der Waals surface area contributed by atoms with Crippen molar-refractivity contribution in [3.8, 4) is 10.4 Å². The molecule has 0 aliphatic rings. The summed E-state index contributed by atoms with van der Waals surface area (Å²) in [5, 5.41) is 0. The number of thiophene rings is 1. The fraction of sp³-hybridized carbons (Fsp3) is 0.154. The largest absolute Gasteiger partial charge is 0.465 e. The molecule has 2 aromatic rings. The van der Waals surface area contributed by atoms with Crippen LogP contribution in [0.1, 0.15) is 15.2 Å². The lowest BCUT2D eigenvalue weighted by Gasteiger charge is -2.01. The van der Waals surface area contributed by atoms with E-state index < -0.39 is 0 Å². The minimum atomic E-state index is -0.296. The highest BCUT2D eigenvalue weighted by Crippen LogP contribution is 2.28. The summed E-state index contributed by atoms with van der Waals surface area (Å²) in [6, 6.07) is 11.6. The zero-order chi connectivity index (χ0) is 11.5. The van der Waals surface area contributed by atoms with Crippen molar-refractivity contribution in [3.63, 3.8) is 0 Å². The van der Waals surface area contributed by atoms with Gasteiger partial charge < -0.3 is 4.74 Å². The lowest BCUT2D eigenvalue weighted by molar-refractivity contribution is 0.0601. The van der Waals surface area contributed by atoms with Crippen molar-refractivity contribution in [1.29, 1.82) is 0 Å². The van der Waals surface area contributed by atoms with E-state index >= 15 is 0 Å². The first-order valence-corrected chi connectivity index (χ1v) is 5.77. The summed E-state index contributed by atoms with van der Waals surface area (Å²) in [5.41, 5.74) is 1.65. The summed E-state index contributed by atoms with van der Waals surface area (Å²) in [6.45, 7) is 2.07. The molecule has 82 valence electrons. The number of esters is 1. The molecule has 0 spiro atoms. The molecule has 0 radical (unpaired) electrons. The van der Waals surface area contributed by atoms with E-state index in [1.165, 1.54) is 16.9 Å². The van der Waals surface area contributed by atoms with Crippen molar-refractivity contribution in [2.24, 2.45) is 0 Å². The van der Waals surface area contributed by atoms with Gasteiger partial charge in [0.2, 0.25) is 0 Å². The molecule has 1 aromatic heterocycles. The number of benzene rings is 1. The lowest BCUT2D eigenvalue weighted by Crippen LogP contribution is -2.00. The van der Waals surface area contributed by atoms with Crippen LogP contribution in [0.3, 0.4) is 0 Å². The lowest BCUT2D eigenvalue weighted by atomic mass is 10.1.